The van der Waals surface area contributed by atoms with Crippen molar-refractivity contribution in [3.63, 3.8) is 0 Å². The predicted octanol–water partition coefficient (Wildman–Crippen LogP) is 1.56. The minimum absolute atomic E-state index is 0.291. The lowest BCUT2D eigenvalue weighted by Crippen LogP contribution is -2.40. The second-order valence-electron chi connectivity index (χ2n) is 6.26. The minimum Gasteiger partial charge on any atom is -0.316 e. The molecule has 0 aromatic heterocycles. The van der Waals surface area contributed by atoms with E-state index < -0.39 is 12.7 Å². The van der Waals surface area contributed by atoms with Crippen LogP contribution in [0.1, 0.15) is 19.8 Å². The number of hydrogen-bond acceptors (Lipinski definition) is 3. The van der Waals surface area contributed by atoms with Crippen molar-refractivity contribution in [1.29, 1.82) is 0 Å². The van der Waals surface area contributed by atoms with Crippen LogP contribution < -0.4 is 5.32 Å². The van der Waals surface area contributed by atoms with Crippen molar-refractivity contribution in [2.75, 3.05) is 52.4 Å². The largest absolute Gasteiger partial charge is 0.401 e. The molecule has 1 N–H and O–H groups in total. The Morgan fingerprint density at radius 3 is 2.42 bits per heavy atom. The number of hydrogen-bond donors (Lipinski definition) is 1. The van der Waals surface area contributed by atoms with Crippen LogP contribution in [0, 0.1) is 5.41 Å². The van der Waals surface area contributed by atoms with Gasteiger partial charge in [-0.05, 0) is 37.9 Å². The van der Waals surface area contributed by atoms with Crippen molar-refractivity contribution < 1.29 is 13.2 Å². The smallest absolute Gasteiger partial charge is 0.316 e. The molecule has 1 atom stereocenters. The zero-order valence-corrected chi connectivity index (χ0v) is 11.6. The molecule has 0 saturated carbocycles. The van der Waals surface area contributed by atoms with Gasteiger partial charge in [-0.2, -0.15) is 13.2 Å². The first kappa shape index (κ1) is 15.1. The molecule has 2 fully saturated rings. The molecule has 3 nitrogen and oxygen atoms in total. The third-order valence-corrected chi connectivity index (χ3v) is 4.15. The van der Waals surface area contributed by atoms with E-state index in [1.54, 1.807) is 0 Å². The van der Waals surface area contributed by atoms with Gasteiger partial charge in [0.25, 0.3) is 0 Å². The summed E-state index contributed by atoms with van der Waals surface area (Å²) in [5.41, 5.74) is 0.291. The van der Waals surface area contributed by atoms with Crippen molar-refractivity contribution in [3.8, 4) is 0 Å². The fourth-order valence-corrected chi connectivity index (χ4v) is 3.14. The third kappa shape index (κ3) is 4.93. The molecule has 2 rings (SSSR count). The average Bonchev–Trinajstić information content (AvgIpc) is 2.59. The van der Waals surface area contributed by atoms with Crippen LogP contribution in [0.25, 0.3) is 0 Å². The lowest BCUT2D eigenvalue weighted by atomic mass is 9.89. The summed E-state index contributed by atoms with van der Waals surface area (Å²) in [6, 6.07) is 0. The summed E-state index contributed by atoms with van der Waals surface area (Å²) in [6.07, 6.45) is -2.08. The molecule has 6 heteroatoms. The van der Waals surface area contributed by atoms with Crippen molar-refractivity contribution >= 4 is 0 Å². The average molecular weight is 279 g/mol. The van der Waals surface area contributed by atoms with E-state index in [1.165, 1.54) is 4.90 Å². The summed E-state index contributed by atoms with van der Waals surface area (Å²) in [5, 5.41) is 3.37. The predicted molar refractivity (Wildman–Crippen MR) is 69.1 cm³/mol. The van der Waals surface area contributed by atoms with Crippen LogP contribution in [-0.4, -0.2) is 68.3 Å². The molecule has 2 aliphatic heterocycles. The molecule has 1 unspecified atom stereocenters. The zero-order chi connectivity index (χ0) is 13.9. The number of halogens is 3. The first-order valence-corrected chi connectivity index (χ1v) is 7.09. The number of nitrogens with zero attached hydrogens (tertiary/aromatic N) is 2. The van der Waals surface area contributed by atoms with E-state index in [2.05, 4.69) is 17.1 Å². The highest BCUT2D eigenvalue weighted by Crippen LogP contribution is 2.26. The van der Waals surface area contributed by atoms with E-state index in [0.29, 0.717) is 18.5 Å². The second kappa shape index (κ2) is 5.97. The van der Waals surface area contributed by atoms with Crippen LogP contribution in [0.15, 0.2) is 0 Å². The fourth-order valence-electron chi connectivity index (χ4n) is 3.14. The maximum atomic E-state index is 12.4. The molecule has 0 radical (unpaired) electrons. The van der Waals surface area contributed by atoms with Crippen molar-refractivity contribution in [2.24, 2.45) is 5.41 Å². The minimum atomic E-state index is -4.07. The van der Waals surface area contributed by atoms with E-state index in [1.807, 2.05) is 0 Å². The van der Waals surface area contributed by atoms with Gasteiger partial charge >= 0.3 is 6.18 Å². The normalized spacial score (nSPS) is 31.6. The van der Waals surface area contributed by atoms with Gasteiger partial charge in [0.15, 0.2) is 0 Å². The fraction of sp³-hybridized carbons (Fsp3) is 1.00. The highest BCUT2D eigenvalue weighted by atomic mass is 19.4. The van der Waals surface area contributed by atoms with Gasteiger partial charge < -0.3 is 10.2 Å². The molecule has 2 aliphatic rings. The van der Waals surface area contributed by atoms with E-state index in [-0.39, 0.29) is 0 Å². The van der Waals surface area contributed by atoms with Gasteiger partial charge in [-0.1, -0.05) is 6.92 Å². The van der Waals surface area contributed by atoms with Crippen molar-refractivity contribution in [2.45, 2.75) is 25.9 Å². The van der Waals surface area contributed by atoms with Crippen molar-refractivity contribution in [3.05, 3.63) is 0 Å². The highest BCUT2D eigenvalue weighted by Gasteiger charge is 2.33. The molecule has 0 amide bonds. The number of rotatable bonds is 3. The molecular weight excluding hydrogens is 255 g/mol. The Labute approximate surface area is 113 Å². The molecular formula is C13H24F3N3. The maximum absolute atomic E-state index is 12.4. The SMILES string of the molecule is CC1(CN2CCCN(CC(F)(F)F)CC2)CCNC1. The maximum Gasteiger partial charge on any atom is 0.401 e. The molecule has 0 aliphatic carbocycles. The van der Waals surface area contributed by atoms with Crippen LogP contribution in [0.3, 0.4) is 0 Å². The lowest BCUT2D eigenvalue weighted by Gasteiger charge is -2.31. The third-order valence-electron chi connectivity index (χ3n) is 4.15. The number of alkyl halides is 3. The van der Waals surface area contributed by atoms with Gasteiger partial charge in [-0.25, -0.2) is 0 Å². The van der Waals surface area contributed by atoms with Gasteiger partial charge in [0.1, 0.15) is 0 Å². The molecule has 19 heavy (non-hydrogen) atoms. The molecule has 0 aromatic rings. The molecule has 0 bridgehead atoms. The number of nitrogens with one attached hydrogen (secondary N) is 1. The Kier molecular flexibility index (Phi) is 4.74. The van der Waals surface area contributed by atoms with Gasteiger partial charge in [0.05, 0.1) is 6.54 Å². The van der Waals surface area contributed by atoms with Gasteiger partial charge in [0.2, 0.25) is 0 Å². The zero-order valence-electron chi connectivity index (χ0n) is 11.6. The summed E-state index contributed by atoms with van der Waals surface area (Å²) in [7, 11) is 0. The van der Waals surface area contributed by atoms with Gasteiger partial charge in [-0.15, -0.1) is 0 Å². The summed E-state index contributed by atoms with van der Waals surface area (Å²) in [5.74, 6) is 0. The molecule has 0 spiro atoms. The van der Waals surface area contributed by atoms with E-state index in [0.717, 1.165) is 45.6 Å². The second-order valence-corrected chi connectivity index (χ2v) is 6.26. The van der Waals surface area contributed by atoms with Crippen LogP contribution in [0.4, 0.5) is 13.2 Å². The first-order chi connectivity index (χ1) is 8.86. The van der Waals surface area contributed by atoms with Crippen molar-refractivity contribution in [1.82, 2.24) is 15.1 Å². The Bertz CT molecular complexity index is 287. The molecule has 0 aromatic carbocycles. The van der Waals surface area contributed by atoms with Crippen LogP contribution in [-0.2, 0) is 0 Å². The lowest BCUT2D eigenvalue weighted by molar-refractivity contribution is -0.145. The summed E-state index contributed by atoms with van der Waals surface area (Å²) >= 11 is 0. The van der Waals surface area contributed by atoms with E-state index in [4.69, 9.17) is 0 Å². The summed E-state index contributed by atoms with van der Waals surface area (Å²) in [4.78, 5) is 3.87. The van der Waals surface area contributed by atoms with Gasteiger partial charge in [0, 0.05) is 26.2 Å². The van der Waals surface area contributed by atoms with E-state index >= 15 is 0 Å². The Hall–Kier alpha value is -0.330. The molecule has 112 valence electrons. The quantitative estimate of drug-likeness (QED) is 0.846. The molecule has 2 saturated heterocycles. The molecule has 2 heterocycles. The van der Waals surface area contributed by atoms with Gasteiger partial charge in [-0.3, -0.25) is 4.90 Å². The van der Waals surface area contributed by atoms with Crippen LogP contribution in [0.5, 0.6) is 0 Å². The highest BCUT2D eigenvalue weighted by molar-refractivity contribution is 4.87. The Balaban J connectivity index is 1.80. The topological polar surface area (TPSA) is 18.5 Å². The standard InChI is InChI=1S/C13H24F3N3/c1-12(3-4-17-9-12)10-18-5-2-6-19(8-7-18)11-13(14,15)16/h17H,2-11H2,1H3. The Morgan fingerprint density at radius 2 is 1.79 bits per heavy atom. The van der Waals surface area contributed by atoms with Crippen LogP contribution >= 0.6 is 0 Å². The summed E-state index contributed by atoms with van der Waals surface area (Å²) < 4.78 is 37.2. The summed E-state index contributed by atoms with van der Waals surface area (Å²) in [6.45, 7) is 7.36. The van der Waals surface area contributed by atoms with Crippen LogP contribution in [0.2, 0.25) is 0 Å². The monoisotopic (exact) mass is 279 g/mol. The Morgan fingerprint density at radius 1 is 1.11 bits per heavy atom. The first-order valence-electron chi connectivity index (χ1n) is 7.09. The van der Waals surface area contributed by atoms with E-state index in [9.17, 15) is 13.2 Å².